The fourth-order valence-corrected chi connectivity index (χ4v) is 8.53. The van der Waals surface area contributed by atoms with Crippen LogP contribution in [0.1, 0.15) is 101 Å². The van der Waals surface area contributed by atoms with Gasteiger partial charge in [0.2, 0.25) is 0 Å². The minimum Gasteiger partial charge on any atom is -0.459 e. The van der Waals surface area contributed by atoms with E-state index in [0.717, 1.165) is 0 Å². The number of esters is 1. The number of Topliss-reactive ketones (excluding diaryl/α,β-unsaturated/α-hetero) is 1. The lowest BCUT2D eigenvalue weighted by molar-refractivity contribution is -0.296. The smallest absolute Gasteiger partial charge is 0.309 e. The largest absolute Gasteiger partial charge is 0.459 e. The van der Waals surface area contributed by atoms with Gasteiger partial charge >= 0.3 is 5.97 Å². The third-order valence-corrected chi connectivity index (χ3v) is 11.9. The fraction of sp³-hybridized carbons (Fsp3) is 0.944. The fourth-order valence-electron chi connectivity index (χ4n) is 8.53. The summed E-state index contributed by atoms with van der Waals surface area (Å²) in [5.74, 6) is -4.60. The number of hydrogen-bond acceptors (Lipinski definition) is 12. The summed E-state index contributed by atoms with van der Waals surface area (Å²) in [7, 11) is 3.06. The maximum Gasteiger partial charge on any atom is 0.309 e. The van der Waals surface area contributed by atoms with Crippen LogP contribution < -0.4 is 0 Å². The number of carbonyl (C=O) groups excluding carboxylic acids is 2. The van der Waals surface area contributed by atoms with Crippen LogP contribution in [0.15, 0.2) is 0 Å². The first-order valence-electron chi connectivity index (χ1n) is 17.8. The molecule has 1 unspecified atom stereocenters. The predicted molar refractivity (Wildman–Crippen MR) is 177 cm³/mol. The van der Waals surface area contributed by atoms with Crippen molar-refractivity contribution in [3.8, 4) is 0 Å². The first-order chi connectivity index (χ1) is 22.2. The monoisotopic (exact) mass is 688 g/mol. The summed E-state index contributed by atoms with van der Waals surface area (Å²) in [6, 6.07) is 0. The Morgan fingerprint density at radius 3 is 2.00 bits per heavy atom. The number of aliphatic hydroxyl groups is 4. The molecule has 3 fully saturated rings. The highest BCUT2D eigenvalue weighted by Crippen LogP contribution is 2.45. The van der Waals surface area contributed by atoms with Crippen molar-refractivity contribution in [1.29, 1.82) is 0 Å². The highest BCUT2D eigenvalue weighted by atomic mass is 16.7. The predicted octanol–water partition coefficient (Wildman–Crippen LogP) is 3.17. The van der Waals surface area contributed by atoms with Gasteiger partial charge in [0.25, 0.3) is 0 Å². The van der Waals surface area contributed by atoms with Gasteiger partial charge in [0.05, 0.1) is 47.6 Å². The van der Waals surface area contributed by atoms with E-state index in [1.165, 1.54) is 21.1 Å². The van der Waals surface area contributed by atoms with Gasteiger partial charge in [-0.05, 0) is 66.2 Å². The van der Waals surface area contributed by atoms with Crippen LogP contribution in [0.5, 0.6) is 0 Å². The molecule has 4 N–H and O–H groups in total. The van der Waals surface area contributed by atoms with Crippen LogP contribution in [-0.4, -0.2) is 118 Å². The maximum atomic E-state index is 14.2. The molecule has 17 atom stereocenters. The molecule has 12 heteroatoms. The van der Waals surface area contributed by atoms with Gasteiger partial charge in [-0.2, -0.15) is 0 Å². The van der Waals surface area contributed by atoms with Crippen LogP contribution in [0.4, 0.5) is 0 Å². The van der Waals surface area contributed by atoms with Crippen LogP contribution in [-0.2, 0) is 38.0 Å². The topological polar surface area (TPSA) is 170 Å². The SMILES string of the molecule is CC[C@H]1OC(=O)[C@H](C)[C@@H](C2C[C@@](C)(OC)[C@@H](O)[C@H](C)O2)[C@H](C)[C@@H](O[C@@H]2O[C@H](C)CC[C@H]2O)[C@](C)(OC)C[C@@H](C)C(=O)[C@H](C)[C@@H](O)[C@]1(C)O. The van der Waals surface area contributed by atoms with Crippen molar-refractivity contribution >= 4 is 11.8 Å². The minimum atomic E-state index is -1.93. The molecule has 0 saturated carbocycles. The molecule has 0 amide bonds. The average molecular weight is 689 g/mol. The average Bonchev–Trinajstić information content (AvgIpc) is 3.04. The normalized spacial score (nSPS) is 50.4. The molecule has 3 heterocycles. The van der Waals surface area contributed by atoms with E-state index in [0.29, 0.717) is 12.8 Å². The van der Waals surface area contributed by atoms with E-state index in [-0.39, 0.29) is 31.1 Å². The highest BCUT2D eigenvalue weighted by molar-refractivity contribution is 5.83. The summed E-state index contributed by atoms with van der Waals surface area (Å²) < 4.78 is 37.4. The zero-order valence-corrected chi connectivity index (χ0v) is 31.2. The Kier molecular flexibility index (Phi) is 13.7. The van der Waals surface area contributed by atoms with Gasteiger partial charge in [0.15, 0.2) is 6.29 Å². The first-order valence-corrected chi connectivity index (χ1v) is 17.8. The molecule has 0 spiro atoms. The number of ketones is 1. The quantitative estimate of drug-likeness (QED) is 0.301. The number of carbonyl (C=O) groups is 2. The standard InChI is InChI=1S/C36H64O12/c1-13-26-36(10,42)29(39)22(6)28(38)18(2)16-35(9,44-12)31(48-33-24(37)15-14-19(3)45-33)20(4)27(21(5)32(41)47-26)25-17-34(8,43-11)30(40)23(7)46-25/h18-27,29-31,33,37,39-40,42H,13-17H2,1-12H3/t18-,19-,20+,21-,22+,23+,24-,25?,26-,27+,29-,30+,31-,33+,34-,35-,36-/m1/s1. The van der Waals surface area contributed by atoms with E-state index >= 15 is 0 Å². The minimum absolute atomic E-state index is 0.161. The molecule has 3 aliphatic heterocycles. The Balaban J connectivity index is 2.25. The second kappa shape index (κ2) is 16.0. The Bertz CT molecular complexity index is 1090. The number of ether oxygens (including phenoxy) is 6. The summed E-state index contributed by atoms with van der Waals surface area (Å²) in [4.78, 5) is 28.1. The van der Waals surface area contributed by atoms with E-state index in [1.807, 2.05) is 20.8 Å². The third kappa shape index (κ3) is 8.29. The van der Waals surface area contributed by atoms with Crippen LogP contribution in [0.25, 0.3) is 0 Å². The van der Waals surface area contributed by atoms with Gasteiger partial charge in [-0.3, -0.25) is 9.59 Å². The van der Waals surface area contributed by atoms with Crippen molar-refractivity contribution < 1.29 is 58.4 Å². The molecule has 12 nitrogen and oxygen atoms in total. The zero-order valence-electron chi connectivity index (χ0n) is 31.2. The molecule has 0 bridgehead atoms. The molecule has 0 aliphatic carbocycles. The Morgan fingerprint density at radius 2 is 1.44 bits per heavy atom. The molecular formula is C36H64O12. The van der Waals surface area contributed by atoms with E-state index in [2.05, 4.69) is 0 Å². The lowest BCUT2D eigenvalue weighted by Gasteiger charge is -2.52. The van der Waals surface area contributed by atoms with Crippen LogP contribution >= 0.6 is 0 Å². The number of rotatable bonds is 6. The van der Waals surface area contributed by atoms with Gasteiger partial charge in [-0.15, -0.1) is 0 Å². The summed E-state index contributed by atoms with van der Waals surface area (Å²) in [6.45, 7) is 17.4. The molecule has 0 aromatic carbocycles. The lowest BCUT2D eigenvalue weighted by atomic mass is 9.67. The Morgan fingerprint density at radius 1 is 0.833 bits per heavy atom. The van der Waals surface area contributed by atoms with Crippen molar-refractivity contribution in [2.24, 2.45) is 29.6 Å². The van der Waals surface area contributed by atoms with Crippen molar-refractivity contribution in [3.63, 3.8) is 0 Å². The Labute approximate surface area is 287 Å². The lowest BCUT2D eigenvalue weighted by Crippen LogP contribution is -2.61. The molecular weight excluding hydrogens is 624 g/mol. The maximum absolute atomic E-state index is 14.2. The van der Waals surface area contributed by atoms with E-state index in [9.17, 15) is 30.0 Å². The summed E-state index contributed by atoms with van der Waals surface area (Å²) in [5, 5.41) is 45.1. The molecule has 48 heavy (non-hydrogen) atoms. The molecule has 3 aliphatic rings. The summed E-state index contributed by atoms with van der Waals surface area (Å²) in [6.07, 6.45) is -6.09. The molecule has 0 radical (unpaired) electrons. The number of cyclic esters (lactones) is 1. The van der Waals surface area contributed by atoms with Gasteiger partial charge in [0.1, 0.15) is 29.7 Å². The molecule has 0 aromatic rings. The van der Waals surface area contributed by atoms with Crippen molar-refractivity contribution in [3.05, 3.63) is 0 Å². The summed E-state index contributed by atoms with van der Waals surface area (Å²) in [5.41, 5.74) is -4.10. The molecule has 3 rings (SSSR count). The Hall–Kier alpha value is -1.22. The molecule has 280 valence electrons. The molecule has 3 saturated heterocycles. The number of methoxy groups -OCH3 is 2. The van der Waals surface area contributed by atoms with Crippen molar-refractivity contribution in [1.82, 2.24) is 0 Å². The van der Waals surface area contributed by atoms with E-state index in [4.69, 9.17) is 28.4 Å². The first kappa shape index (κ1) is 41.2. The second-order valence-corrected chi connectivity index (χ2v) is 15.6. The third-order valence-electron chi connectivity index (χ3n) is 11.9. The van der Waals surface area contributed by atoms with Gasteiger partial charge in [0, 0.05) is 38.4 Å². The second-order valence-electron chi connectivity index (χ2n) is 15.6. The molecule has 0 aromatic heterocycles. The number of aliphatic hydroxyl groups excluding tert-OH is 3. The van der Waals surface area contributed by atoms with Crippen LogP contribution in [0.3, 0.4) is 0 Å². The summed E-state index contributed by atoms with van der Waals surface area (Å²) >= 11 is 0. The zero-order chi connectivity index (χ0) is 36.5. The van der Waals surface area contributed by atoms with E-state index in [1.54, 1.807) is 41.5 Å². The van der Waals surface area contributed by atoms with Crippen LogP contribution in [0.2, 0.25) is 0 Å². The van der Waals surface area contributed by atoms with Crippen molar-refractivity contribution in [2.75, 3.05) is 14.2 Å². The van der Waals surface area contributed by atoms with Crippen molar-refractivity contribution in [2.45, 2.75) is 173 Å². The van der Waals surface area contributed by atoms with E-state index < -0.39 is 101 Å². The number of hydrogen-bond donors (Lipinski definition) is 4. The van der Waals surface area contributed by atoms with Gasteiger partial charge < -0.3 is 48.8 Å². The van der Waals surface area contributed by atoms with Crippen LogP contribution in [0, 0.1) is 29.6 Å². The highest BCUT2D eigenvalue weighted by Gasteiger charge is 2.55. The van der Waals surface area contributed by atoms with Gasteiger partial charge in [-0.25, -0.2) is 0 Å². The van der Waals surface area contributed by atoms with Gasteiger partial charge in [-0.1, -0.05) is 34.6 Å².